The van der Waals surface area contributed by atoms with E-state index >= 15 is 0 Å². The molecule has 2 aromatic rings. The lowest BCUT2D eigenvalue weighted by Gasteiger charge is -2.16. The number of aromatic amines is 1. The predicted octanol–water partition coefficient (Wildman–Crippen LogP) is 3.45. The summed E-state index contributed by atoms with van der Waals surface area (Å²) in [7, 11) is 1.79. The minimum Gasteiger partial charge on any atom is -0.494 e. The normalized spacial score (nSPS) is 10.3. The Labute approximate surface area is 126 Å². The lowest BCUT2D eigenvalue weighted by Crippen LogP contribution is -2.26. The summed E-state index contributed by atoms with van der Waals surface area (Å²) in [5.41, 5.74) is 1.64. The fourth-order valence-electron chi connectivity index (χ4n) is 1.90. The number of hydrogen-bond acceptors (Lipinski definition) is 2. The van der Waals surface area contributed by atoms with E-state index in [0.717, 1.165) is 15.8 Å². The molecule has 4 nitrogen and oxygen atoms in total. The van der Waals surface area contributed by atoms with Crippen LogP contribution in [0, 0.1) is 0 Å². The number of aromatic nitrogens is 1. The molecule has 0 spiro atoms. The Morgan fingerprint density at radius 1 is 1.35 bits per heavy atom. The molecule has 0 radical (unpaired) electrons. The summed E-state index contributed by atoms with van der Waals surface area (Å²) in [6.07, 6.45) is 1.75. The van der Waals surface area contributed by atoms with Crippen molar-refractivity contribution in [3.63, 3.8) is 0 Å². The fraction of sp³-hybridized carbons (Fsp3) is 0.267. The first-order chi connectivity index (χ1) is 9.60. The van der Waals surface area contributed by atoms with Crippen molar-refractivity contribution in [2.75, 3.05) is 13.7 Å². The lowest BCUT2D eigenvalue weighted by molar-refractivity contribution is 0.0780. The second-order valence-corrected chi connectivity index (χ2v) is 5.39. The van der Waals surface area contributed by atoms with Gasteiger partial charge < -0.3 is 14.6 Å². The van der Waals surface area contributed by atoms with Crippen molar-refractivity contribution in [3.8, 4) is 5.75 Å². The first-order valence-electron chi connectivity index (χ1n) is 6.41. The predicted molar refractivity (Wildman–Crippen MR) is 81.9 cm³/mol. The Bertz CT molecular complexity index is 578. The van der Waals surface area contributed by atoms with Crippen LogP contribution in [0.15, 0.2) is 41.0 Å². The molecule has 0 saturated carbocycles. The van der Waals surface area contributed by atoms with E-state index in [4.69, 9.17) is 4.74 Å². The molecule has 20 heavy (non-hydrogen) atoms. The molecule has 5 heteroatoms. The number of H-pyrrole nitrogens is 1. The van der Waals surface area contributed by atoms with E-state index in [1.165, 1.54) is 0 Å². The first kappa shape index (κ1) is 14.7. The van der Waals surface area contributed by atoms with Crippen LogP contribution in [0.3, 0.4) is 0 Å². The van der Waals surface area contributed by atoms with Gasteiger partial charge in [0.15, 0.2) is 0 Å². The molecule has 1 amide bonds. The molecule has 2 rings (SSSR count). The molecule has 106 valence electrons. The van der Waals surface area contributed by atoms with E-state index in [2.05, 4.69) is 20.9 Å². The fourth-order valence-corrected chi connectivity index (χ4v) is 2.24. The molecule has 1 heterocycles. The van der Waals surface area contributed by atoms with Gasteiger partial charge in [-0.15, -0.1) is 0 Å². The third-order valence-corrected chi connectivity index (χ3v) is 3.34. The van der Waals surface area contributed by atoms with Gasteiger partial charge in [0.2, 0.25) is 0 Å². The van der Waals surface area contributed by atoms with Crippen molar-refractivity contribution >= 4 is 21.8 Å². The van der Waals surface area contributed by atoms with Crippen LogP contribution in [0.1, 0.15) is 23.0 Å². The second kappa shape index (κ2) is 6.61. The summed E-state index contributed by atoms with van der Waals surface area (Å²) in [5, 5.41) is 0. The molecule has 0 fully saturated rings. The van der Waals surface area contributed by atoms with Crippen LogP contribution < -0.4 is 4.74 Å². The molecular weight excluding hydrogens is 320 g/mol. The van der Waals surface area contributed by atoms with E-state index in [1.807, 2.05) is 31.2 Å². The standard InChI is InChI=1S/C15H17BrN2O2/c1-3-20-13-6-4-11(5-7-13)10-18(2)15(19)14-8-12(16)9-17-14/h4-9,17H,3,10H2,1-2H3. The number of benzene rings is 1. The van der Waals surface area contributed by atoms with Gasteiger partial charge >= 0.3 is 0 Å². The highest BCUT2D eigenvalue weighted by atomic mass is 79.9. The number of amides is 1. The largest absolute Gasteiger partial charge is 0.494 e. The van der Waals surface area contributed by atoms with Gasteiger partial charge in [0.1, 0.15) is 11.4 Å². The van der Waals surface area contributed by atoms with Crippen LogP contribution in [0.2, 0.25) is 0 Å². The zero-order chi connectivity index (χ0) is 14.5. The highest BCUT2D eigenvalue weighted by Gasteiger charge is 2.13. The Hall–Kier alpha value is -1.75. The van der Waals surface area contributed by atoms with Crippen molar-refractivity contribution in [2.45, 2.75) is 13.5 Å². The van der Waals surface area contributed by atoms with E-state index < -0.39 is 0 Å². The minimum atomic E-state index is -0.0374. The van der Waals surface area contributed by atoms with Crippen molar-refractivity contribution in [1.82, 2.24) is 9.88 Å². The maximum atomic E-state index is 12.2. The monoisotopic (exact) mass is 336 g/mol. The maximum Gasteiger partial charge on any atom is 0.270 e. The number of hydrogen-bond donors (Lipinski definition) is 1. The van der Waals surface area contributed by atoms with Crippen molar-refractivity contribution < 1.29 is 9.53 Å². The topological polar surface area (TPSA) is 45.3 Å². The van der Waals surface area contributed by atoms with Gasteiger partial charge in [-0.1, -0.05) is 12.1 Å². The quantitative estimate of drug-likeness (QED) is 0.908. The number of halogens is 1. The SMILES string of the molecule is CCOc1ccc(CN(C)C(=O)c2cc(Br)c[nH]2)cc1. The summed E-state index contributed by atoms with van der Waals surface area (Å²) >= 11 is 3.32. The summed E-state index contributed by atoms with van der Waals surface area (Å²) in [6, 6.07) is 9.56. The van der Waals surface area contributed by atoms with Crippen LogP contribution in [-0.4, -0.2) is 29.4 Å². The molecule has 1 N–H and O–H groups in total. The van der Waals surface area contributed by atoms with E-state index in [0.29, 0.717) is 18.8 Å². The highest BCUT2D eigenvalue weighted by molar-refractivity contribution is 9.10. The number of nitrogens with zero attached hydrogens (tertiary/aromatic N) is 1. The zero-order valence-corrected chi connectivity index (χ0v) is 13.1. The Morgan fingerprint density at radius 3 is 2.60 bits per heavy atom. The molecule has 0 saturated heterocycles. The van der Waals surface area contributed by atoms with Crippen molar-refractivity contribution in [1.29, 1.82) is 0 Å². The maximum absolute atomic E-state index is 12.2. The van der Waals surface area contributed by atoms with Crippen LogP contribution in [0.5, 0.6) is 5.75 Å². The van der Waals surface area contributed by atoms with Crippen molar-refractivity contribution in [3.05, 3.63) is 52.3 Å². The van der Waals surface area contributed by atoms with E-state index in [9.17, 15) is 4.79 Å². The van der Waals surface area contributed by atoms with Crippen LogP contribution in [0.25, 0.3) is 0 Å². The van der Waals surface area contributed by atoms with Gasteiger partial charge in [-0.2, -0.15) is 0 Å². The van der Waals surface area contributed by atoms with E-state index in [1.54, 1.807) is 24.2 Å². The number of ether oxygens (including phenoxy) is 1. The molecule has 0 bridgehead atoms. The van der Waals surface area contributed by atoms with Gasteiger partial charge in [0.05, 0.1) is 6.61 Å². The number of carbonyl (C=O) groups is 1. The average Bonchev–Trinajstić information content (AvgIpc) is 2.87. The zero-order valence-electron chi connectivity index (χ0n) is 11.5. The third-order valence-electron chi connectivity index (χ3n) is 2.88. The summed E-state index contributed by atoms with van der Waals surface area (Å²) in [4.78, 5) is 16.8. The molecule has 1 aromatic carbocycles. The Kier molecular flexibility index (Phi) is 4.84. The van der Waals surface area contributed by atoms with Crippen LogP contribution in [-0.2, 0) is 6.54 Å². The molecule has 0 aliphatic rings. The highest BCUT2D eigenvalue weighted by Crippen LogP contribution is 2.15. The van der Waals surface area contributed by atoms with Crippen molar-refractivity contribution in [2.24, 2.45) is 0 Å². The van der Waals surface area contributed by atoms with Gasteiger partial charge in [-0.25, -0.2) is 0 Å². The smallest absolute Gasteiger partial charge is 0.270 e. The first-order valence-corrected chi connectivity index (χ1v) is 7.20. The molecule has 0 atom stereocenters. The number of rotatable bonds is 5. The Balaban J connectivity index is 2.00. The molecular formula is C15H17BrN2O2. The van der Waals surface area contributed by atoms with E-state index in [-0.39, 0.29) is 5.91 Å². The summed E-state index contributed by atoms with van der Waals surface area (Å²) in [6.45, 7) is 3.16. The second-order valence-electron chi connectivity index (χ2n) is 4.47. The summed E-state index contributed by atoms with van der Waals surface area (Å²) < 4.78 is 6.27. The number of carbonyl (C=O) groups excluding carboxylic acids is 1. The minimum absolute atomic E-state index is 0.0374. The van der Waals surface area contributed by atoms with Gasteiger partial charge in [0.25, 0.3) is 5.91 Å². The van der Waals surface area contributed by atoms with Gasteiger partial charge in [-0.05, 0) is 46.6 Å². The van der Waals surface area contributed by atoms with Gasteiger partial charge in [0, 0.05) is 24.3 Å². The summed E-state index contributed by atoms with van der Waals surface area (Å²) in [5.74, 6) is 0.808. The van der Waals surface area contributed by atoms with Gasteiger partial charge in [-0.3, -0.25) is 4.79 Å². The number of nitrogens with one attached hydrogen (secondary N) is 1. The third kappa shape index (κ3) is 3.63. The Morgan fingerprint density at radius 2 is 2.05 bits per heavy atom. The molecule has 0 aliphatic carbocycles. The lowest BCUT2D eigenvalue weighted by atomic mass is 10.2. The molecule has 0 aliphatic heterocycles. The average molecular weight is 337 g/mol. The molecule has 1 aromatic heterocycles. The molecule has 0 unspecified atom stereocenters. The van der Waals surface area contributed by atoms with Crippen LogP contribution in [0.4, 0.5) is 0 Å². The van der Waals surface area contributed by atoms with Crippen LogP contribution >= 0.6 is 15.9 Å².